The highest BCUT2D eigenvalue weighted by molar-refractivity contribution is 9.10. The highest BCUT2D eigenvalue weighted by Crippen LogP contribution is 2.53. The number of carbonyl (C=O) groups excluding carboxylic acids is 3. The largest absolute Gasteiger partial charge is 0.426 e. The van der Waals surface area contributed by atoms with Gasteiger partial charge in [-0.2, -0.15) is 0 Å². The first-order valence-electron chi connectivity index (χ1n) is 8.68. The number of halogens is 1. The van der Waals surface area contributed by atoms with Crippen LogP contribution in [0.15, 0.2) is 46.9 Å². The molecule has 138 valence electrons. The summed E-state index contributed by atoms with van der Waals surface area (Å²) in [4.78, 5) is 40.4. The first-order valence-corrected chi connectivity index (χ1v) is 9.47. The molecule has 0 aliphatic carbocycles. The third-order valence-corrected chi connectivity index (χ3v) is 5.91. The van der Waals surface area contributed by atoms with Crippen molar-refractivity contribution in [2.45, 2.75) is 26.7 Å². The second-order valence-corrected chi connectivity index (χ2v) is 8.51. The van der Waals surface area contributed by atoms with Crippen molar-refractivity contribution in [3.63, 3.8) is 0 Å². The van der Waals surface area contributed by atoms with Gasteiger partial charge in [-0.25, -0.2) is 4.90 Å². The summed E-state index contributed by atoms with van der Waals surface area (Å²) in [6.07, 6.45) is 0. The van der Waals surface area contributed by atoms with Gasteiger partial charge in [-0.15, -0.1) is 0 Å². The molecule has 1 saturated heterocycles. The molecular formula is C21H18BrNO4. The number of anilines is 1. The predicted molar refractivity (Wildman–Crippen MR) is 103 cm³/mol. The van der Waals surface area contributed by atoms with Gasteiger partial charge in [-0.1, -0.05) is 47.5 Å². The lowest BCUT2D eigenvalue weighted by atomic mass is 9.63. The van der Waals surface area contributed by atoms with Gasteiger partial charge in [0.25, 0.3) is 0 Å². The number of benzene rings is 2. The molecule has 0 aromatic heterocycles. The van der Waals surface area contributed by atoms with E-state index >= 15 is 0 Å². The molecule has 2 aliphatic heterocycles. The number of hydrogen-bond acceptors (Lipinski definition) is 4. The van der Waals surface area contributed by atoms with Crippen molar-refractivity contribution in [1.29, 1.82) is 0 Å². The van der Waals surface area contributed by atoms with Crippen molar-refractivity contribution in [2.24, 2.45) is 11.3 Å². The molecule has 5 nitrogen and oxygen atoms in total. The van der Waals surface area contributed by atoms with Crippen LogP contribution >= 0.6 is 15.9 Å². The van der Waals surface area contributed by atoms with E-state index < -0.39 is 29.1 Å². The topological polar surface area (TPSA) is 63.7 Å². The summed E-state index contributed by atoms with van der Waals surface area (Å²) in [5.74, 6) is -2.70. The number of esters is 1. The normalized spacial score (nSPS) is 23.6. The van der Waals surface area contributed by atoms with Gasteiger partial charge in [0.2, 0.25) is 11.8 Å². The van der Waals surface area contributed by atoms with E-state index in [1.165, 1.54) is 0 Å². The van der Waals surface area contributed by atoms with Gasteiger partial charge in [-0.05, 0) is 37.3 Å². The van der Waals surface area contributed by atoms with Crippen LogP contribution in [0.1, 0.15) is 30.9 Å². The van der Waals surface area contributed by atoms with E-state index in [2.05, 4.69) is 15.9 Å². The van der Waals surface area contributed by atoms with E-state index in [9.17, 15) is 14.4 Å². The van der Waals surface area contributed by atoms with E-state index in [0.29, 0.717) is 17.0 Å². The second kappa shape index (κ2) is 6.02. The average molecular weight is 428 g/mol. The molecule has 4 rings (SSSR count). The number of amides is 2. The summed E-state index contributed by atoms with van der Waals surface area (Å²) in [6.45, 7) is 5.49. The molecule has 0 unspecified atom stereocenters. The molecule has 0 saturated carbocycles. The first kappa shape index (κ1) is 17.9. The number of hydrogen-bond donors (Lipinski definition) is 0. The number of fused-ring (bicyclic) bond motifs is 3. The molecule has 1 fully saturated rings. The fraction of sp³-hybridized carbons (Fsp3) is 0.286. The molecule has 27 heavy (non-hydrogen) atoms. The van der Waals surface area contributed by atoms with Gasteiger partial charge < -0.3 is 4.74 Å². The zero-order valence-corrected chi connectivity index (χ0v) is 16.7. The standard InChI is InChI=1S/C21H18BrNO4/c1-11-4-7-13(8-5-11)23-18(24)16-17(21(2,3)20(23)26)14-10-12(22)6-9-15(14)27-19(16)25/h4-10,16-17H,1-3H3/t16-,17+/m1/s1. The molecule has 6 heteroatoms. The molecule has 2 aromatic rings. The number of nitrogens with zero attached hydrogens (tertiary/aromatic N) is 1. The maximum Gasteiger partial charge on any atom is 0.324 e. The molecule has 2 amide bonds. The van der Waals surface area contributed by atoms with Crippen LogP contribution in [0, 0.1) is 18.3 Å². The van der Waals surface area contributed by atoms with E-state index in [-0.39, 0.29) is 5.91 Å². The third-order valence-electron chi connectivity index (χ3n) is 5.42. The lowest BCUT2D eigenvalue weighted by Crippen LogP contribution is -2.61. The van der Waals surface area contributed by atoms with E-state index in [0.717, 1.165) is 14.9 Å². The number of aryl methyl sites for hydroxylation is 1. The van der Waals surface area contributed by atoms with Crippen molar-refractivity contribution in [2.75, 3.05) is 4.90 Å². The van der Waals surface area contributed by atoms with Crippen molar-refractivity contribution in [3.8, 4) is 5.75 Å². The Balaban J connectivity index is 1.88. The van der Waals surface area contributed by atoms with Gasteiger partial charge in [0, 0.05) is 16.0 Å². The average Bonchev–Trinajstić information content (AvgIpc) is 2.61. The smallest absolute Gasteiger partial charge is 0.324 e. The van der Waals surface area contributed by atoms with Gasteiger partial charge in [0.15, 0.2) is 0 Å². The fourth-order valence-corrected chi connectivity index (χ4v) is 4.37. The molecule has 2 heterocycles. The minimum atomic E-state index is -1.05. The zero-order chi connectivity index (χ0) is 19.5. The summed E-state index contributed by atoms with van der Waals surface area (Å²) in [7, 11) is 0. The van der Waals surface area contributed by atoms with Crippen LogP contribution in [0.2, 0.25) is 0 Å². The van der Waals surface area contributed by atoms with E-state index in [1.54, 1.807) is 38.1 Å². The quantitative estimate of drug-likeness (QED) is 0.299. The van der Waals surface area contributed by atoms with Crippen molar-refractivity contribution < 1.29 is 19.1 Å². The number of piperidine rings is 1. The maximum atomic E-state index is 13.3. The molecule has 0 radical (unpaired) electrons. The second-order valence-electron chi connectivity index (χ2n) is 7.59. The van der Waals surface area contributed by atoms with Gasteiger partial charge >= 0.3 is 5.97 Å². The van der Waals surface area contributed by atoms with Gasteiger partial charge in [0.05, 0.1) is 11.1 Å². The van der Waals surface area contributed by atoms with Crippen LogP contribution in [0.3, 0.4) is 0 Å². The van der Waals surface area contributed by atoms with Crippen LogP contribution in [0.5, 0.6) is 5.75 Å². The molecular weight excluding hydrogens is 410 g/mol. The van der Waals surface area contributed by atoms with Crippen LogP contribution in [0.25, 0.3) is 0 Å². The monoisotopic (exact) mass is 427 g/mol. The Bertz CT molecular complexity index is 980. The number of imide groups is 1. The SMILES string of the molecule is Cc1ccc(N2C(=O)[C@@H]3C(=O)Oc4ccc(Br)cc4[C@@H]3C(C)(C)C2=O)cc1. The lowest BCUT2D eigenvalue weighted by molar-refractivity contribution is -0.154. The highest BCUT2D eigenvalue weighted by atomic mass is 79.9. The van der Waals surface area contributed by atoms with Crippen molar-refractivity contribution in [1.82, 2.24) is 0 Å². The summed E-state index contributed by atoms with van der Waals surface area (Å²) in [5.41, 5.74) is 1.22. The predicted octanol–water partition coefficient (Wildman–Crippen LogP) is 3.98. The first-order chi connectivity index (χ1) is 12.7. The molecule has 2 aliphatic rings. The molecule has 2 atom stereocenters. The van der Waals surface area contributed by atoms with Crippen LogP contribution in [0.4, 0.5) is 5.69 Å². The Morgan fingerprint density at radius 2 is 1.70 bits per heavy atom. The Kier molecular flexibility index (Phi) is 4.00. The fourth-order valence-electron chi connectivity index (χ4n) is 3.99. The Morgan fingerprint density at radius 3 is 2.37 bits per heavy atom. The van der Waals surface area contributed by atoms with Crippen LogP contribution < -0.4 is 9.64 Å². The Labute approximate surface area is 165 Å². The zero-order valence-electron chi connectivity index (χ0n) is 15.2. The number of ether oxygens (including phenoxy) is 1. The molecule has 2 aromatic carbocycles. The molecule has 0 N–H and O–H groups in total. The molecule has 0 bridgehead atoms. The van der Waals surface area contributed by atoms with Crippen molar-refractivity contribution >= 4 is 39.4 Å². The van der Waals surface area contributed by atoms with Crippen molar-refractivity contribution in [3.05, 3.63) is 58.1 Å². The third kappa shape index (κ3) is 2.62. The Morgan fingerprint density at radius 1 is 1.04 bits per heavy atom. The highest BCUT2D eigenvalue weighted by Gasteiger charge is 2.59. The van der Waals surface area contributed by atoms with Gasteiger partial charge in [-0.3, -0.25) is 14.4 Å². The van der Waals surface area contributed by atoms with Gasteiger partial charge in [0.1, 0.15) is 11.7 Å². The number of rotatable bonds is 1. The molecule has 0 spiro atoms. The summed E-state index contributed by atoms with van der Waals surface area (Å²) >= 11 is 3.42. The Hall–Kier alpha value is -2.47. The lowest BCUT2D eigenvalue weighted by Gasteiger charge is -2.47. The summed E-state index contributed by atoms with van der Waals surface area (Å²) in [5, 5.41) is 0. The number of carbonyl (C=O) groups is 3. The van der Waals surface area contributed by atoms with E-state index in [4.69, 9.17) is 4.74 Å². The summed E-state index contributed by atoms with van der Waals surface area (Å²) < 4.78 is 6.24. The minimum absolute atomic E-state index is 0.321. The summed E-state index contributed by atoms with van der Waals surface area (Å²) in [6, 6.07) is 12.4. The maximum absolute atomic E-state index is 13.3. The van der Waals surface area contributed by atoms with E-state index in [1.807, 2.05) is 25.1 Å². The van der Waals surface area contributed by atoms with Crippen LogP contribution in [-0.4, -0.2) is 17.8 Å². The van der Waals surface area contributed by atoms with Crippen LogP contribution in [-0.2, 0) is 14.4 Å². The minimum Gasteiger partial charge on any atom is -0.426 e.